The van der Waals surface area contributed by atoms with E-state index >= 15 is 0 Å². The van der Waals surface area contributed by atoms with Gasteiger partial charge < -0.3 is 25.6 Å². The van der Waals surface area contributed by atoms with E-state index < -0.39 is 17.4 Å². The van der Waals surface area contributed by atoms with Crippen LogP contribution in [0.5, 0.6) is 5.75 Å². The first-order valence-electron chi connectivity index (χ1n) is 15.5. The molecule has 1 spiro atoms. The molecular weight excluding hydrogens is 641 g/mol. The van der Waals surface area contributed by atoms with Crippen LogP contribution < -0.4 is 20.7 Å². The summed E-state index contributed by atoms with van der Waals surface area (Å²) in [5.41, 5.74) is 1.81. The molecule has 0 radical (unpaired) electrons. The number of likely N-dealkylation sites (tertiary alicyclic amines) is 1. The first kappa shape index (κ1) is 30.9. The molecule has 3 fully saturated rings. The van der Waals surface area contributed by atoms with Gasteiger partial charge in [-0.25, -0.2) is 14.5 Å². The molecular formula is C35H31Cl2N5O5. The Balaban J connectivity index is 1.28. The third-order valence-electron chi connectivity index (χ3n) is 9.58. The van der Waals surface area contributed by atoms with Crippen molar-refractivity contribution in [3.05, 3.63) is 93.0 Å². The number of amides is 6. The number of fused-ring (bicyclic) bond motifs is 2. The molecule has 4 aliphatic rings. The summed E-state index contributed by atoms with van der Waals surface area (Å²) in [5.74, 6) is 2.02. The van der Waals surface area contributed by atoms with Crippen molar-refractivity contribution in [1.82, 2.24) is 20.4 Å². The summed E-state index contributed by atoms with van der Waals surface area (Å²) in [6, 6.07) is 16.2. The van der Waals surface area contributed by atoms with E-state index in [2.05, 4.69) is 21.9 Å². The molecule has 1 unspecified atom stereocenters. The second-order valence-electron chi connectivity index (χ2n) is 12.2. The first-order valence-corrected chi connectivity index (χ1v) is 16.2. The number of terminal acetylenes is 1. The van der Waals surface area contributed by atoms with Crippen molar-refractivity contribution in [1.29, 1.82) is 0 Å². The number of ether oxygens (including phenoxy) is 1. The smallest absolute Gasteiger partial charge is 0.328 e. The number of carbonyl (C=O) groups is 4. The number of rotatable bonds is 4. The van der Waals surface area contributed by atoms with Crippen LogP contribution in [0.1, 0.15) is 53.5 Å². The summed E-state index contributed by atoms with van der Waals surface area (Å²) in [6.07, 6.45) is 6.67. The first-order chi connectivity index (χ1) is 22.7. The number of hydrogen-bond acceptors (Lipinski definition) is 5. The van der Waals surface area contributed by atoms with Crippen molar-refractivity contribution in [3.63, 3.8) is 0 Å². The lowest BCUT2D eigenvalue weighted by Crippen LogP contribution is -2.57. The fourth-order valence-corrected chi connectivity index (χ4v) is 7.78. The molecule has 3 atom stereocenters. The minimum atomic E-state index is -1.31. The van der Waals surface area contributed by atoms with Gasteiger partial charge in [0.05, 0.1) is 6.04 Å². The van der Waals surface area contributed by atoms with Crippen molar-refractivity contribution in [2.24, 2.45) is 0 Å². The molecule has 3 N–H and O–H groups in total. The second kappa shape index (κ2) is 12.1. The average molecular weight is 673 g/mol. The van der Waals surface area contributed by atoms with Gasteiger partial charge in [-0.2, -0.15) is 0 Å². The van der Waals surface area contributed by atoms with Gasteiger partial charge in [-0.1, -0.05) is 47.3 Å². The van der Waals surface area contributed by atoms with Crippen LogP contribution in [0, 0.1) is 12.3 Å². The molecule has 47 heavy (non-hydrogen) atoms. The minimum absolute atomic E-state index is 0.0406. The van der Waals surface area contributed by atoms with Crippen LogP contribution in [0.2, 0.25) is 10.0 Å². The fraction of sp³-hybridized carbons (Fsp3) is 0.314. The Hall–Kier alpha value is -4.72. The number of benzene rings is 3. The number of carbonyl (C=O) groups excluding carboxylic acids is 4. The highest BCUT2D eigenvalue weighted by Crippen LogP contribution is 2.58. The van der Waals surface area contributed by atoms with Gasteiger partial charge >= 0.3 is 12.1 Å². The van der Waals surface area contributed by atoms with Crippen LogP contribution in [0.25, 0.3) is 0 Å². The summed E-state index contributed by atoms with van der Waals surface area (Å²) in [6.45, 7) is 1.59. The average Bonchev–Trinajstić information content (AvgIpc) is 3.62. The zero-order valence-corrected chi connectivity index (χ0v) is 26.7. The van der Waals surface area contributed by atoms with Crippen molar-refractivity contribution < 1.29 is 23.9 Å². The summed E-state index contributed by atoms with van der Waals surface area (Å²) in [5, 5.41) is 9.79. The van der Waals surface area contributed by atoms with Gasteiger partial charge in [0.2, 0.25) is 11.8 Å². The zero-order chi connectivity index (χ0) is 32.9. The van der Waals surface area contributed by atoms with Crippen LogP contribution >= 0.6 is 23.2 Å². The van der Waals surface area contributed by atoms with E-state index in [1.807, 2.05) is 18.2 Å². The molecule has 0 saturated carbocycles. The Morgan fingerprint density at radius 1 is 0.979 bits per heavy atom. The second-order valence-corrected chi connectivity index (χ2v) is 13.1. The lowest BCUT2D eigenvalue weighted by atomic mass is 9.59. The Bertz CT molecular complexity index is 1850. The number of hydrogen-bond donors (Lipinski definition) is 3. The zero-order valence-electron chi connectivity index (χ0n) is 25.2. The Labute approximate surface area is 281 Å². The number of halogens is 2. The Morgan fingerprint density at radius 2 is 1.77 bits per heavy atom. The molecule has 10 nitrogen and oxygen atoms in total. The number of anilines is 1. The van der Waals surface area contributed by atoms with Crippen molar-refractivity contribution in [2.45, 2.75) is 42.7 Å². The highest BCUT2D eigenvalue weighted by atomic mass is 35.5. The predicted octanol–water partition coefficient (Wildman–Crippen LogP) is 5.20. The maximum absolute atomic E-state index is 14.5. The van der Waals surface area contributed by atoms with Crippen LogP contribution in [-0.2, 0) is 15.0 Å². The number of nitrogens with zero attached hydrogens (tertiary/aromatic N) is 2. The Kier molecular flexibility index (Phi) is 7.98. The normalized spacial score (nSPS) is 24.0. The van der Waals surface area contributed by atoms with E-state index in [4.69, 9.17) is 34.4 Å². The minimum Gasteiger partial charge on any atom is -0.490 e. The van der Waals surface area contributed by atoms with Gasteiger partial charge in [-0.05, 0) is 53.6 Å². The maximum Gasteiger partial charge on any atom is 0.328 e. The summed E-state index contributed by atoms with van der Waals surface area (Å²) < 4.78 is 6.63. The van der Waals surface area contributed by atoms with E-state index in [1.54, 1.807) is 47.4 Å². The number of nitrogens with one attached hydrogen (secondary N) is 3. The third kappa shape index (κ3) is 5.33. The van der Waals surface area contributed by atoms with Gasteiger partial charge in [-0.15, -0.1) is 6.42 Å². The molecule has 240 valence electrons. The van der Waals surface area contributed by atoms with E-state index in [0.29, 0.717) is 77.2 Å². The summed E-state index contributed by atoms with van der Waals surface area (Å²) in [4.78, 5) is 55.9. The van der Waals surface area contributed by atoms with Crippen LogP contribution in [0.4, 0.5) is 15.3 Å². The van der Waals surface area contributed by atoms with Gasteiger partial charge in [0.15, 0.2) is 0 Å². The highest BCUT2D eigenvalue weighted by molar-refractivity contribution is 6.31. The quantitative estimate of drug-likeness (QED) is 0.330. The molecule has 0 aliphatic carbocycles. The number of piperidine rings is 2. The predicted molar refractivity (Wildman–Crippen MR) is 177 cm³/mol. The number of urea groups is 2. The van der Waals surface area contributed by atoms with Gasteiger partial charge in [-0.3, -0.25) is 9.59 Å². The molecule has 3 saturated heterocycles. The topological polar surface area (TPSA) is 120 Å². The van der Waals surface area contributed by atoms with Gasteiger partial charge in [0.25, 0.3) is 0 Å². The van der Waals surface area contributed by atoms with Gasteiger partial charge in [0.1, 0.15) is 17.3 Å². The van der Waals surface area contributed by atoms with E-state index in [-0.39, 0.29) is 36.4 Å². The van der Waals surface area contributed by atoms with E-state index in [1.165, 1.54) is 4.90 Å². The third-order valence-corrected chi connectivity index (χ3v) is 10.1. The van der Waals surface area contributed by atoms with E-state index in [9.17, 15) is 19.2 Å². The fourth-order valence-electron chi connectivity index (χ4n) is 7.41. The van der Waals surface area contributed by atoms with Crippen molar-refractivity contribution in [2.75, 3.05) is 31.5 Å². The lowest BCUT2D eigenvalue weighted by Gasteiger charge is -2.47. The van der Waals surface area contributed by atoms with E-state index in [0.717, 1.165) is 5.56 Å². The molecule has 0 aromatic heterocycles. The SMILES string of the molecule is C#Cc1ccc(OC2CCN(C(=O)N3CCNC3=O)CC2)c([C@H]2NC(=O)C[C@@H](c3cccc(Cl)c3)C23C(=O)Nc2cc(Cl)ccc23)c1. The Morgan fingerprint density at radius 3 is 2.49 bits per heavy atom. The standard InChI is InChI=1S/C35H31Cl2N5O5/c1-2-20-6-9-29(47-24-10-13-41(14-11-24)34(46)42-15-12-38-33(42)45)25(16-20)31-35(26-8-7-23(37)18-28(26)39-32(35)44)27(19-30(43)40-31)21-4-3-5-22(36)17-21/h1,3-9,16-18,24,27,31H,10-15,19H2,(H,38,45)(H,39,44)(H,40,43)/t27-,31+,35?/m0/s1. The lowest BCUT2D eigenvalue weighted by molar-refractivity contribution is -0.131. The number of imide groups is 1. The summed E-state index contributed by atoms with van der Waals surface area (Å²) in [7, 11) is 0. The van der Waals surface area contributed by atoms with Crippen LogP contribution in [0.3, 0.4) is 0 Å². The van der Waals surface area contributed by atoms with Gasteiger partial charge in [0, 0.05) is 78.2 Å². The molecule has 12 heteroatoms. The monoisotopic (exact) mass is 671 g/mol. The van der Waals surface area contributed by atoms with Crippen molar-refractivity contribution in [3.8, 4) is 18.1 Å². The molecule has 0 bridgehead atoms. The van der Waals surface area contributed by atoms with Crippen molar-refractivity contribution >= 4 is 52.8 Å². The molecule has 3 aromatic rings. The summed E-state index contributed by atoms with van der Waals surface area (Å²) >= 11 is 12.8. The molecule has 3 aromatic carbocycles. The molecule has 7 rings (SSSR count). The van der Waals surface area contributed by atoms with Crippen LogP contribution in [0.15, 0.2) is 60.7 Å². The maximum atomic E-state index is 14.5. The van der Waals surface area contributed by atoms with Crippen LogP contribution in [-0.4, -0.2) is 66.0 Å². The largest absolute Gasteiger partial charge is 0.490 e. The molecule has 4 heterocycles. The highest BCUT2D eigenvalue weighted by Gasteiger charge is 2.61. The molecule has 6 amide bonds. The molecule has 4 aliphatic heterocycles.